The fourth-order valence-electron chi connectivity index (χ4n) is 1.94. The van der Waals surface area contributed by atoms with E-state index in [1.165, 1.54) is 4.90 Å². The largest absolute Gasteiger partial charge is 0.497 e. The lowest BCUT2D eigenvalue weighted by Crippen LogP contribution is -2.41. The first-order valence-electron chi connectivity index (χ1n) is 8.38. The van der Waals surface area contributed by atoms with Gasteiger partial charge in [-0.25, -0.2) is 4.99 Å². The van der Waals surface area contributed by atoms with Crippen LogP contribution in [0.5, 0.6) is 5.75 Å². The van der Waals surface area contributed by atoms with Crippen LogP contribution >= 0.6 is 35.6 Å². The number of aliphatic imine (C=N–C) groups is 1. The molecule has 1 aromatic rings. The smallest absolute Gasteiger partial charge is 0.243 e. The number of hydrogen-bond donors (Lipinski definition) is 2. The molecular weight excluding hydrogens is 467 g/mol. The molecule has 0 atom stereocenters. The third-order valence-corrected chi connectivity index (χ3v) is 3.85. The molecule has 26 heavy (non-hydrogen) atoms. The van der Waals surface area contributed by atoms with Crippen LogP contribution in [0.15, 0.2) is 23.2 Å². The van der Waals surface area contributed by atoms with Crippen LogP contribution in [0.1, 0.15) is 19.4 Å². The molecule has 0 heterocycles. The number of rotatable bonds is 8. The molecule has 0 aliphatic rings. The fraction of sp³-hybridized carbons (Fsp3) is 0.556. The second kappa shape index (κ2) is 13.0. The Hall–Kier alpha value is -1.22. The highest BCUT2D eigenvalue weighted by atomic mass is 127. The highest BCUT2D eigenvalue weighted by Gasteiger charge is 2.06. The molecule has 0 unspecified atom stereocenters. The number of likely N-dealkylation sites (N-methyl/N-ethyl adjacent to an activating group) is 1. The molecular formula is C18H30ClIN4O2. The van der Waals surface area contributed by atoms with Gasteiger partial charge in [0.05, 0.1) is 7.11 Å². The number of carbonyl (C=O) groups excluding carboxylic acids is 1. The van der Waals surface area contributed by atoms with E-state index in [1.54, 1.807) is 27.3 Å². The Morgan fingerprint density at radius 2 is 2.00 bits per heavy atom. The van der Waals surface area contributed by atoms with Crippen molar-refractivity contribution in [3.63, 3.8) is 0 Å². The van der Waals surface area contributed by atoms with Gasteiger partial charge in [0.1, 0.15) is 12.3 Å². The lowest BCUT2D eigenvalue weighted by atomic mass is 10.1. The summed E-state index contributed by atoms with van der Waals surface area (Å²) < 4.78 is 5.16. The van der Waals surface area contributed by atoms with Gasteiger partial charge in [0, 0.05) is 32.2 Å². The number of guanidine groups is 1. The first kappa shape index (κ1) is 24.8. The van der Waals surface area contributed by atoms with Gasteiger partial charge < -0.3 is 20.3 Å². The van der Waals surface area contributed by atoms with Gasteiger partial charge in [-0.15, -0.1) is 24.0 Å². The molecule has 0 bridgehead atoms. The van der Waals surface area contributed by atoms with Crippen LogP contribution in [0.25, 0.3) is 0 Å². The van der Waals surface area contributed by atoms with Gasteiger partial charge in [-0.05, 0) is 30.0 Å². The zero-order chi connectivity index (χ0) is 18.8. The van der Waals surface area contributed by atoms with Crippen molar-refractivity contribution in [1.29, 1.82) is 0 Å². The summed E-state index contributed by atoms with van der Waals surface area (Å²) in [5.74, 6) is 1.81. The van der Waals surface area contributed by atoms with Gasteiger partial charge in [0.15, 0.2) is 5.96 Å². The Bertz CT molecular complexity index is 595. The summed E-state index contributed by atoms with van der Waals surface area (Å²) in [4.78, 5) is 17.6. The van der Waals surface area contributed by atoms with Crippen LogP contribution in [0.3, 0.4) is 0 Å². The van der Waals surface area contributed by atoms with Crippen molar-refractivity contribution < 1.29 is 9.53 Å². The molecule has 1 aromatic carbocycles. The fourth-order valence-corrected chi connectivity index (χ4v) is 2.20. The van der Waals surface area contributed by atoms with E-state index in [2.05, 4.69) is 29.5 Å². The average molecular weight is 497 g/mol. The quantitative estimate of drug-likeness (QED) is 0.330. The monoisotopic (exact) mass is 496 g/mol. The Kier molecular flexibility index (Phi) is 12.4. The van der Waals surface area contributed by atoms with E-state index in [9.17, 15) is 4.79 Å². The molecule has 0 saturated carbocycles. The molecule has 0 fully saturated rings. The molecule has 148 valence electrons. The number of hydrogen-bond acceptors (Lipinski definition) is 3. The number of ether oxygens (including phenoxy) is 1. The second-order valence-corrected chi connectivity index (χ2v) is 6.77. The summed E-state index contributed by atoms with van der Waals surface area (Å²) >= 11 is 6.26. The Morgan fingerprint density at radius 3 is 2.54 bits per heavy atom. The summed E-state index contributed by atoms with van der Waals surface area (Å²) in [7, 11) is 5.06. The van der Waals surface area contributed by atoms with E-state index < -0.39 is 0 Å². The third-order valence-electron chi connectivity index (χ3n) is 3.50. The van der Waals surface area contributed by atoms with E-state index in [4.69, 9.17) is 16.3 Å². The van der Waals surface area contributed by atoms with Crippen molar-refractivity contribution in [3.8, 4) is 5.75 Å². The topological polar surface area (TPSA) is 66.0 Å². The number of halogens is 2. The number of nitrogens with zero attached hydrogens (tertiary/aromatic N) is 2. The van der Waals surface area contributed by atoms with Crippen molar-refractivity contribution in [2.24, 2.45) is 10.9 Å². The van der Waals surface area contributed by atoms with Gasteiger partial charge in [-0.1, -0.05) is 31.5 Å². The molecule has 0 aliphatic heterocycles. The highest BCUT2D eigenvalue weighted by molar-refractivity contribution is 14.0. The second-order valence-electron chi connectivity index (χ2n) is 6.36. The van der Waals surface area contributed by atoms with Crippen LogP contribution in [0.4, 0.5) is 0 Å². The Labute approximate surface area is 178 Å². The number of methoxy groups -OCH3 is 1. The highest BCUT2D eigenvalue weighted by Crippen LogP contribution is 2.22. The van der Waals surface area contributed by atoms with E-state index in [0.29, 0.717) is 23.4 Å². The maximum Gasteiger partial charge on any atom is 0.243 e. The number of nitrogens with one attached hydrogen (secondary N) is 2. The lowest BCUT2D eigenvalue weighted by molar-refractivity contribution is -0.127. The molecule has 0 radical (unpaired) electrons. The maximum absolute atomic E-state index is 11.7. The molecule has 0 saturated heterocycles. The molecule has 1 rings (SSSR count). The van der Waals surface area contributed by atoms with E-state index >= 15 is 0 Å². The van der Waals surface area contributed by atoms with Crippen LogP contribution in [0, 0.1) is 5.92 Å². The predicted octanol–water partition coefficient (Wildman–Crippen LogP) is 2.79. The molecule has 1 amide bonds. The number of amides is 1. The van der Waals surface area contributed by atoms with Gasteiger partial charge >= 0.3 is 0 Å². The number of benzene rings is 1. The van der Waals surface area contributed by atoms with Crippen LogP contribution in [0.2, 0.25) is 5.02 Å². The lowest BCUT2D eigenvalue weighted by Gasteiger charge is -2.15. The summed E-state index contributed by atoms with van der Waals surface area (Å²) in [6.45, 7) is 5.79. The third kappa shape index (κ3) is 9.47. The zero-order valence-electron chi connectivity index (χ0n) is 16.1. The average Bonchev–Trinajstić information content (AvgIpc) is 2.57. The summed E-state index contributed by atoms with van der Waals surface area (Å²) in [5.41, 5.74) is 1.03. The van der Waals surface area contributed by atoms with E-state index in [0.717, 1.165) is 24.3 Å². The van der Waals surface area contributed by atoms with Gasteiger partial charge in [-0.3, -0.25) is 4.79 Å². The van der Waals surface area contributed by atoms with Gasteiger partial charge in [0.2, 0.25) is 5.91 Å². The summed E-state index contributed by atoms with van der Waals surface area (Å²) in [5, 5.41) is 7.18. The standard InChI is InChI=1S/C18H29ClN4O2.HI/c1-13(2)11-21-18(22-12-17(24)23(3)4)20-9-8-14-6-7-15(25-5)10-16(14)19;/h6-7,10,13H,8-9,11-12H2,1-5H3,(H2,20,21,22);1H. The van der Waals surface area contributed by atoms with Crippen LogP contribution < -0.4 is 15.4 Å². The molecule has 0 spiro atoms. The summed E-state index contributed by atoms with van der Waals surface area (Å²) in [6.07, 6.45) is 0.743. The molecule has 2 N–H and O–H groups in total. The molecule has 0 aromatic heterocycles. The van der Waals surface area contributed by atoms with Crippen molar-refractivity contribution in [2.75, 3.05) is 40.8 Å². The molecule has 0 aliphatic carbocycles. The molecule has 8 heteroatoms. The Morgan fingerprint density at radius 1 is 1.31 bits per heavy atom. The maximum atomic E-state index is 11.7. The zero-order valence-corrected chi connectivity index (χ0v) is 19.2. The normalized spacial score (nSPS) is 11.0. The van der Waals surface area contributed by atoms with Gasteiger partial charge in [-0.2, -0.15) is 0 Å². The predicted molar refractivity (Wildman–Crippen MR) is 119 cm³/mol. The van der Waals surface area contributed by atoms with Crippen molar-refractivity contribution in [2.45, 2.75) is 20.3 Å². The van der Waals surface area contributed by atoms with Crippen molar-refractivity contribution >= 4 is 47.4 Å². The van der Waals surface area contributed by atoms with Crippen LogP contribution in [-0.4, -0.2) is 57.6 Å². The first-order valence-corrected chi connectivity index (χ1v) is 8.76. The van der Waals surface area contributed by atoms with E-state index in [1.807, 2.05) is 12.1 Å². The van der Waals surface area contributed by atoms with Crippen molar-refractivity contribution in [3.05, 3.63) is 28.8 Å². The minimum Gasteiger partial charge on any atom is -0.497 e. The first-order chi connectivity index (χ1) is 11.8. The SMILES string of the molecule is COc1ccc(CCNC(=NCC(=O)N(C)C)NCC(C)C)c(Cl)c1.I. The minimum atomic E-state index is -0.0381. The van der Waals surface area contributed by atoms with Gasteiger partial charge in [0.25, 0.3) is 0 Å². The summed E-state index contributed by atoms with van der Waals surface area (Å²) in [6, 6.07) is 5.65. The Balaban J connectivity index is 0.00000625. The van der Waals surface area contributed by atoms with Crippen molar-refractivity contribution in [1.82, 2.24) is 15.5 Å². The number of carbonyl (C=O) groups is 1. The molecule has 6 nitrogen and oxygen atoms in total. The minimum absolute atomic E-state index is 0. The van der Waals surface area contributed by atoms with E-state index in [-0.39, 0.29) is 36.4 Å². The van der Waals surface area contributed by atoms with Crippen LogP contribution in [-0.2, 0) is 11.2 Å².